The summed E-state index contributed by atoms with van der Waals surface area (Å²) < 4.78 is 0. The van der Waals surface area contributed by atoms with Crippen LogP contribution in [0.4, 0.5) is 5.69 Å². The van der Waals surface area contributed by atoms with Gasteiger partial charge in [-0.15, -0.1) is 0 Å². The minimum absolute atomic E-state index is 0.0600. The van der Waals surface area contributed by atoms with Crippen molar-refractivity contribution in [2.45, 2.75) is 6.04 Å². The quantitative estimate of drug-likeness (QED) is 0.831. The zero-order valence-electron chi connectivity index (χ0n) is 10.6. The molecule has 1 aromatic carbocycles. The van der Waals surface area contributed by atoms with E-state index in [-0.39, 0.29) is 12.6 Å². The predicted octanol–water partition coefficient (Wildman–Crippen LogP) is 1.24. The highest BCUT2D eigenvalue weighted by Crippen LogP contribution is 2.21. The highest BCUT2D eigenvalue weighted by Gasteiger charge is 2.15. The Bertz CT molecular complexity index is 381. The van der Waals surface area contributed by atoms with Crippen molar-refractivity contribution in [3.63, 3.8) is 0 Å². The van der Waals surface area contributed by atoms with Crippen molar-refractivity contribution in [2.75, 3.05) is 39.2 Å². The van der Waals surface area contributed by atoms with Crippen molar-refractivity contribution in [1.82, 2.24) is 4.90 Å². The Labute approximate surface area is 103 Å². The Kier molecular flexibility index (Phi) is 4.95. The summed E-state index contributed by atoms with van der Waals surface area (Å²) in [5.74, 6) is 0. The van der Waals surface area contributed by atoms with Gasteiger partial charge in [-0.3, -0.25) is 4.90 Å². The van der Waals surface area contributed by atoms with Gasteiger partial charge in [-0.2, -0.15) is 5.26 Å². The molecule has 0 saturated carbocycles. The van der Waals surface area contributed by atoms with E-state index in [2.05, 4.69) is 6.07 Å². The molecule has 4 heteroatoms. The Balaban J connectivity index is 2.87. The molecule has 0 aliphatic carbocycles. The lowest BCUT2D eigenvalue weighted by atomic mass is 10.1. The van der Waals surface area contributed by atoms with Crippen molar-refractivity contribution in [2.24, 2.45) is 0 Å². The van der Waals surface area contributed by atoms with E-state index in [9.17, 15) is 5.26 Å². The predicted molar refractivity (Wildman–Crippen MR) is 68.8 cm³/mol. The first-order valence-corrected chi connectivity index (χ1v) is 5.58. The SMILES string of the molecule is CN(C)c1ccc(C(C#N)N(C)CCO)cc1. The van der Waals surface area contributed by atoms with Gasteiger partial charge in [0.05, 0.1) is 12.7 Å². The van der Waals surface area contributed by atoms with Crippen LogP contribution in [0, 0.1) is 11.3 Å². The summed E-state index contributed by atoms with van der Waals surface area (Å²) in [6, 6.07) is 9.84. The fourth-order valence-corrected chi connectivity index (χ4v) is 1.67. The van der Waals surface area contributed by atoms with Gasteiger partial charge in [-0.05, 0) is 24.7 Å². The molecule has 1 atom stereocenters. The second-order valence-electron chi connectivity index (χ2n) is 4.22. The summed E-state index contributed by atoms with van der Waals surface area (Å²) >= 11 is 0. The lowest BCUT2D eigenvalue weighted by molar-refractivity contribution is 0.203. The molecule has 0 aromatic heterocycles. The molecule has 0 amide bonds. The number of rotatable bonds is 5. The van der Waals surface area contributed by atoms with Crippen LogP contribution in [0.15, 0.2) is 24.3 Å². The largest absolute Gasteiger partial charge is 0.395 e. The Morgan fingerprint density at radius 3 is 2.24 bits per heavy atom. The lowest BCUT2D eigenvalue weighted by Crippen LogP contribution is -2.26. The molecule has 4 nitrogen and oxygen atoms in total. The number of likely N-dealkylation sites (N-methyl/N-ethyl adjacent to an activating group) is 1. The first-order valence-electron chi connectivity index (χ1n) is 5.58. The van der Waals surface area contributed by atoms with Gasteiger partial charge < -0.3 is 10.0 Å². The summed E-state index contributed by atoms with van der Waals surface area (Å²) in [6.07, 6.45) is 0. The number of hydrogen-bond acceptors (Lipinski definition) is 4. The Hall–Kier alpha value is -1.57. The van der Waals surface area contributed by atoms with Crippen LogP contribution >= 0.6 is 0 Å². The first-order chi connectivity index (χ1) is 8.10. The molecule has 0 spiro atoms. The normalized spacial score (nSPS) is 12.2. The van der Waals surface area contributed by atoms with Crippen LogP contribution in [0.25, 0.3) is 0 Å². The maximum absolute atomic E-state index is 9.17. The van der Waals surface area contributed by atoms with Gasteiger partial charge in [0.2, 0.25) is 0 Å². The number of hydrogen-bond donors (Lipinski definition) is 1. The number of benzene rings is 1. The van der Waals surface area contributed by atoms with E-state index in [0.29, 0.717) is 6.54 Å². The minimum atomic E-state index is -0.307. The molecule has 0 aliphatic rings. The zero-order chi connectivity index (χ0) is 12.8. The Morgan fingerprint density at radius 2 is 1.82 bits per heavy atom. The lowest BCUT2D eigenvalue weighted by Gasteiger charge is -2.22. The van der Waals surface area contributed by atoms with Crippen molar-refractivity contribution < 1.29 is 5.11 Å². The van der Waals surface area contributed by atoms with E-state index in [0.717, 1.165) is 11.3 Å². The van der Waals surface area contributed by atoms with Crippen molar-refractivity contribution in [1.29, 1.82) is 5.26 Å². The first kappa shape index (κ1) is 13.5. The molecule has 0 aliphatic heterocycles. The molecule has 17 heavy (non-hydrogen) atoms. The average Bonchev–Trinajstić information content (AvgIpc) is 2.31. The fraction of sp³-hybridized carbons (Fsp3) is 0.462. The molecule has 0 radical (unpaired) electrons. The van der Waals surface area contributed by atoms with Gasteiger partial charge in [0.25, 0.3) is 0 Å². The summed E-state index contributed by atoms with van der Waals surface area (Å²) in [5, 5.41) is 18.1. The third kappa shape index (κ3) is 3.45. The summed E-state index contributed by atoms with van der Waals surface area (Å²) in [7, 11) is 5.80. The average molecular weight is 233 g/mol. The topological polar surface area (TPSA) is 50.5 Å². The van der Waals surface area contributed by atoms with E-state index in [1.165, 1.54) is 0 Å². The van der Waals surface area contributed by atoms with Gasteiger partial charge in [-0.25, -0.2) is 0 Å². The molecule has 1 rings (SSSR count). The smallest absolute Gasteiger partial charge is 0.123 e. The molecule has 0 heterocycles. The van der Waals surface area contributed by atoms with E-state index >= 15 is 0 Å². The monoisotopic (exact) mass is 233 g/mol. The molecule has 92 valence electrons. The maximum atomic E-state index is 9.17. The highest BCUT2D eigenvalue weighted by atomic mass is 16.3. The van der Waals surface area contributed by atoms with Crippen LogP contribution in [0.2, 0.25) is 0 Å². The summed E-state index contributed by atoms with van der Waals surface area (Å²) in [5.41, 5.74) is 2.06. The van der Waals surface area contributed by atoms with Crippen LogP contribution in [0.5, 0.6) is 0 Å². The van der Waals surface area contributed by atoms with Gasteiger partial charge in [0.1, 0.15) is 6.04 Å². The van der Waals surface area contributed by atoms with Crippen molar-refractivity contribution >= 4 is 5.69 Å². The second-order valence-corrected chi connectivity index (χ2v) is 4.22. The van der Waals surface area contributed by atoms with Crippen molar-refractivity contribution in [3.8, 4) is 6.07 Å². The van der Waals surface area contributed by atoms with Gasteiger partial charge in [0, 0.05) is 26.3 Å². The van der Waals surface area contributed by atoms with Gasteiger partial charge in [0.15, 0.2) is 0 Å². The van der Waals surface area contributed by atoms with E-state index in [4.69, 9.17) is 5.11 Å². The second kappa shape index (κ2) is 6.24. The van der Waals surface area contributed by atoms with Crippen LogP contribution < -0.4 is 4.90 Å². The number of aliphatic hydroxyl groups excluding tert-OH is 1. The van der Waals surface area contributed by atoms with Crippen molar-refractivity contribution in [3.05, 3.63) is 29.8 Å². The Morgan fingerprint density at radius 1 is 1.24 bits per heavy atom. The number of anilines is 1. The number of nitriles is 1. The van der Waals surface area contributed by atoms with Crippen LogP contribution in [0.3, 0.4) is 0 Å². The molecular formula is C13H19N3O. The molecule has 1 unspecified atom stereocenters. The van der Waals surface area contributed by atoms with Crippen LogP contribution in [-0.4, -0.2) is 44.3 Å². The minimum Gasteiger partial charge on any atom is -0.395 e. The summed E-state index contributed by atoms with van der Waals surface area (Å²) in [6.45, 7) is 0.554. The van der Waals surface area contributed by atoms with Crippen LogP contribution in [0.1, 0.15) is 11.6 Å². The van der Waals surface area contributed by atoms with Gasteiger partial charge >= 0.3 is 0 Å². The third-order valence-electron chi connectivity index (χ3n) is 2.74. The molecule has 1 N–H and O–H groups in total. The van der Waals surface area contributed by atoms with E-state index < -0.39 is 0 Å². The zero-order valence-corrected chi connectivity index (χ0v) is 10.6. The fourth-order valence-electron chi connectivity index (χ4n) is 1.67. The third-order valence-corrected chi connectivity index (χ3v) is 2.74. The maximum Gasteiger partial charge on any atom is 0.123 e. The van der Waals surface area contributed by atoms with Gasteiger partial charge in [-0.1, -0.05) is 12.1 Å². The molecular weight excluding hydrogens is 214 g/mol. The highest BCUT2D eigenvalue weighted by molar-refractivity contribution is 5.47. The standard InChI is InChI=1S/C13H19N3O/c1-15(2)12-6-4-11(5-7-12)13(10-14)16(3)8-9-17/h4-7,13,17H,8-9H2,1-3H3. The molecule has 0 fully saturated rings. The number of aliphatic hydroxyl groups is 1. The molecule has 0 saturated heterocycles. The molecule has 1 aromatic rings. The molecule has 0 bridgehead atoms. The van der Waals surface area contributed by atoms with E-state index in [1.807, 2.05) is 55.2 Å². The number of nitrogens with zero attached hydrogens (tertiary/aromatic N) is 3. The van der Waals surface area contributed by atoms with Crippen LogP contribution in [-0.2, 0) is 0 Å². The summed E-state index contributed by atoms with van der Waals surface area (Å²) in [4.78, 5) is 3.85. The van der Waals surface area contributed by atoms with E-state index in [1.54, 1.807) is 0 Å².